The molecule has 9 atom stereocenters. The van der Waals surface area contributed by atoms with Crippen LogP contribution in [0.2, 0.25) is 0 Å². The Morgan fingerprint density at radius 3 is 2.55 bits per heavy atom. The first kappa shape index (κ1) is 25.1. The number of ether oxygens (including phenoxy) is 1. The molecule has 4 fully saturated rings. The van der Waals surface area contributed by atoms with Crippen molar-refractivity contribution in [1.29, 1.82) is 0 Å². The highest BCUT2D eigenvalue weighted by atomic mass is 35.5. The lowest BCUT2D eigenvalue weighted by atomic mass is 9.42. The molecule has 0 spiro atoms. The summed E-state index contributed by atoms with van der Waals surface area (Å²) in [6.45, 7) is 7.58. The summed E-state index contributed by atoms with van der Waals surface area (Å²) in [7, 11) is 0. The average Bonchev–Trinajstić information content (AvgIpc) is 2.97. The number of hydrogen-bond acceptors (Lipinski definition) is 5. The highest BCUT2D eigenvalue weighted by molar-refractivity contribution is 6.29. The minimum Gasteiger partial charge on any atom is -0.450 e. The fraction of sp³-hybridized carbons (Fsp3) is 0.885. The summed E-state index contributed by atoms with van der Waals surface area (Å²) in [5, 5.41) is 11.5. The van der Waals surface area contributed by atoms with Crippen molar-refractivity contribution in [2.45, 2.75) is 103 Å². The number of rotatable bonds is 5. The molecule has 0 heterocycles. The zero-order valence-electron chi connectivity index (χ0n) is 20.3. The number of aliphatic hydroxyl groups is 1. The number of alkyl halides is 2. The summed E-state index contributed by atoms with van der Waals surface area (Å²) in [5.41, 5.74) is -4.99. The van der Waals surface area contributed by atoms with Crippen molar-refractivity contribution in [3.05, 3.63) is 0 Å². The summed E-state index contributed by atoms with van der Waals surface area (Å²) in [5.74, 6) is -2.00. The van der Waals surface area contributed by atoms with E-state index in [1.54, 1.807) is 0 Å². The van der Waals surface area contributed by atoms with Gasteiger partial charge in [0.05, 0.1) is 12.0 Å². The van der Waals surface area contributed by atoms with Gasteiger partial charge in [0.25, 0.3) is 0 Å². The van der Waals surface area contributed by atoms with Gasteiger partial charge >= 0.3 is 5.97 Å². The topological polar surface area (TPSA) is 80.7 Å². The van der Waals surface area contributed by atoms with Gasteiger partial charge in [0, 0.05) is 36.0 Å². The average molecular weight is 485 g/mol. The van der Waals surface area contributed by atoms with Gasteiger partial charge < -0.3 is 9.84 Å². The standard InChI is InChI=1S/C26H38ClFO5/c1-5-6-22(32)33-26(21(31)14-27)15(2)11-19-18-8-7-16-12-17(29)9-10-23(16,3)25(18,28)20(30)13-24(19,26)4/h15-16,18-20,30H,5-14H2,1-4H3/t15?,16?,18-,19-,20?,23-,24-,25-,26-/m0/s1. The largest absolute Gasteiger partial charge is 0.450 e. The molecule has 0 aliphatic heterocycles. The molecule has 0 saturated heterocycles. The molecule has 5 nitrogen and oxygen atoms in total. The molecule has 0 amide bonds. The van der Waals surface area contributed by atoms with Crippen molar-refractivity contribution >= 4 is 29.1 Å². The molecule has 4 aliphatic rings. The zero-order valence-corrected chi connectivity index (χ0v) is 21.0. The van der Waals surface area contributed by atoms with Gasteiger partial charge in [-0.3, -0.25) is 14.4 Å². The first-order valence-electron chi connectivity index (χ1n) is 12.6. The Bertz CT molecular complexity index is 849. The van der Waals surface area contributed by atoms with Crippen molar-refractivity contribution in [2.75, 3.05) is 5.88 Å². The van der Waals surface area contributed by atoms with Crippen LogP contribution in [0.4, 0.5) is 4.39 Å². The van der Waals surface area contributed by atoms with Crippen molar-refractivity contribution in [3.8, 4) is 0 Å². The van der Waals surface area contributed by atoms with Gasteiger partial charge in [-0.1, -0.05) is 27.7 Å². The zero-order chi connectivity index (χ0) is 24.4. The Kier molecular flexibility index (Phi) is 6.30. The van der Waals surface area contributed by atoms with Crippen LogP contribution in [0.15, 0.2) is 0 Å². The molecule has 0 aromatic heterocycles. The fourth-order valence-corrected chi connectivity index (χ4v) is 8.97. The maximum absolute atomic E-state index is 17.3. The molecule has 0 bridgehead atoms. The van der Waals surface area contributed by atoms with E-state index in [0.29, 0.717) is 38.5 Å². The first-order chi connectivity index (χ1) is 15.4. The van der Waals surface area contributed by atoms with Gasteiger partial charge in [0.1, 0.15) is 11.5 Å². The maximum atomic E-state index is 17.3. The molecule has 7 heteroatoms. The Labute approximate surface area is 201 Å². The van der Waals surface area contributed by atoms with Gasteiger partial charge in [-0.15, -0.1) is 11.6 Å². The van der Waals surface area contributed by atoms with E-state index in [2.05, 4.69) is 0 Å². The third kappa shape index (κ3) is 3.15. The summed E-state index contributed by atoms with van der Waals surface area (Å²) in [4.78, 5) is 38.2. The Balaban J connectivity index is 1.79. The third-order valence-electron chi connectivity index (χ3n) is 10.4. The monoisotopic (exact) mass is 484 g/mol. The van der Waals surface area contributed by atoms with Crippen molar-refractivity contribution in [2.24, 2.45) is 34.5 Å². The molecule has 1 N–H and O–H groups in total. The highest BCUT2D eigenvalue weighted by Gasteiger charge is 2.77. The first-order valence-corrected chi connectivity index (χ1v) is 13.2. The smallest absolute Gasteiger partial charge is 0.306 e. The molecule has 186 valence electrons. The number of aliphatic hydroxyl groups excluding tert-OH is 1. The van der Waals surface area contributed by atoms with E-state index in [-0.39, 0.29) is 48.0 Å². The predicted molar refractivity (Wildman–Crippen MR) is 122 cm³/mol. The molecule has 0 radical (unpaired) electrons. The summed E-state index contributed by atoms with van der Waals surface area (Å²) >= 11 is 6.06. The second-order valence-electron chi connectivity index (χ2n) is 11.7. The molecular formula is C26H38ClFO5. The Morgan fingerprint density at radius 2 is 1.91 bits per heavy atom. The van der Waals surface area contributed by atoms with E-state index in [4.69, 9.17) is 16.3 Å². The lowest BCUT2D eigenvalue weighted by Gasteiger charge is -2.65. The number of hydrogen-bond donors (Lipinski definition) is 1. The normalized spacial score (nSPS) is 49.1. The molecule has 0 aromatic carbocycles. The predicted octanol–water partition coefficient (Wildman–Crippen LogP) is 4.80. The summed E-state index contributed by atoms with van der Waals surface area (Å²) in [6.07, 6.45) is 2.52. The third-order valence-corrected chi connectivity index (χ3v) is 10.6. The fourth-order valence-electron chi connectivity index (χ4n) is 8.77. The van der Waals surface area contributed by atoms with Crippen LogP contribution >= 0.6 is 11.6 Å². The van der Waals surface area contributed by atoms with Crippen LogP contribution in [0.3, 0.4) is 0 Å². The molecule has 0 aromatic rings. The number of fused-ring (bicyclic) bond motifs is 5. The molecule has 33 heavy (non-hydrogen) atoms. The lowest BCUT2D eigenvalue weighted by Crippen LogP contribution is -2.71. The SMILES string of the molecule is CCCC(=O)O[C@]1(C(=O)CCl)C(C)C[C@H]2[C@@H]3CCC4CC(=O)CC[C@]4(C)[C@@]3(F)C(O)C[C@@]21C. The van der Waals surface area contributed by atoms with E-state index < -0.39 is 40.1 Å². The minimum atomic E-state index is -1.84. The van der Waals surface area contributed by atoms with Gasteiger partial charge in [-0.25, -0.2) is 4.39 Å². The van der Waals surface area contributed by atoms with E-state index in [1.165, 1.54) is 0 Å². The Hall–Kier alpha value is -1.01. The summed E-state index contributed by atoms with van der Waals surface area (Å²) in [6, 6.07) is 0. The van der Waals surface area contributed by atoms with Gasteiger partial charge in [-0.2, -0.15) is 0 Å². The summed E-state index contributed by atoms with van der Waals surface area (Å²) < 4.78 is 23.4. The van der Waals surface area contributed by atoms with Crippen LogP contribution in [0.1, 0.15) is 85.5 Å². The van der Waals surface area contributed by atoms with Crippen LogP contribution in [0, 0.1) is 34.5 Å². The lowest BCUT2D eigenvalue weighted by molar-refractivity contribution is -0.257. The highest BCUT2D eigenvalue weighted by Crippen LogP contribution is 2.72. The minimum absolute atomic E-state index is 0.0350. The molecule has 3 unspecified atom stereocenters. The van der Waals surface area contributed by atoms with Crippen LogP contribution < -0.4 is 0 Å². The van der Waals surface area contributed by atoms with Crippen molar-refractivity contribution < 1.29 is 28.6 Å². The maximum Gasteiger partial charge on any atom is 0.306 e. The van der Waals surface area contributed by atoms with Crippen LogP contribution in [0.5, 0.6) is 0 Å². The van der Waals surface area contributed by atoms with E-state index in [1.807, 2.05) is 27.7 Å². The number of carbonyl (C=O) groups is 3. The number of ketones is 2. The second-order valence-corrected chi connectivity index (χ2v) is 12.0. The van der Waals surface area contributed by atoms with Crippen LogP contribution in [0.25, 0.3) is 0 Å². The van der Waals surface area contributed by atoms with Gasteiger partial charge in [0.15, 0.2) is 11.4 Å². The second kappa shape index (κ2) is 8.29. The molecule has 4 saturated carbocycles. The number of halogens is 2. The number of carbonyl (C=O) groups excluding carboxylic acids is 3. The Morgan fingerprint density at radius 1 is 1.21 bits per heavy atom. The van der Waals surface area contributed by atoms with Crippen molar-refractivity contribution in [3.63, 3.8) is 0 Å². The van der Waals surface area contributed by atoms with E-state index in [9.17, 15) is 19.5 Å². The molecule has 4 aliphatic carbocycles. The number of Topliss-reactive ketones (excluding diaryl/α,β-unsaturated/α-hetero) is 2. The quantitative estimate of drug-likeness (QED) is 0.448. The van der Waals surface area contributed by atoms with Crippen LogP contribution in [-0.4, -0.2) is 45.9 Å². The number of esters is 1. The van der Waals surface area contributed by atoms with Crippen molar-refractivity contribution in [1.82, 2.24) is 0 Å². The van der Waals surface area contributed by atoms with Gasteiger partial charge in [-0.05, 0) is 56.3 Å². The van der Waals surface area contributed by atoms with E-state index >= 15 is 4.39 Å². The molecule has 4 rings (SSSR count). The van der Waals surface area contributed by atoms with Crippen LogP contribution in [-0.2, 0) is 19.1 Å². The molecular weight excluding hydrogens is 447 g/mol. The van der Waals surface area contributed by atoms with E-state index in [0.717, 1.165) is 6.42 Å². The van der Waals surface area contributed by atoms with Gasteiger partial charge in [0.2, 0.25) is 0 Å².